The van der Waals surface area contributed by atoms with Gasteiger partial charge in [0, 0.05) is 31.5 Å². The second-order valence-electron chi connectivity index (χ2n) is 8.98. The van der Waals surface area contributed by atoms with Crippen molar-refractivity contribution in [2.45, 2.75) is 58.7 Å². The number of amides is 2. The van der Waals surface area contributed by atoms with Crippen LogP contribution in [0.5, 0.6) is 0 Å². The van der Waals surface area contributed by atoms with Gasteiger partial charge in [-0.3, -0.25) is 9.69 Å². The van der Waals surface area contributed by atoms with Crippen LogP contribution in [0.15, 0.2) is 42.6 Å². The van der Waals surface area contributed by atoms with Gasteiger partial charge in [0.15, 0.2) is 0 Å². The van der Waals surface area contributed by atoms with Gasteiger partial charge in [-0.15, -0.1) is 0 Å². The lowest BCUT2D eigenvalue weighted by Gasteiger charge is -2.32. The number of nitrogens with zero attached hydrogens (tertiary/aromatic N) is 4. The molecule has 1 fully saturated rings. The Morgan fingerprint density at radius 1 is 1.15 bits per heavy atom. The van der Waals surface area contributed by atoms with E-state index in [9.17, 15) is 19.1 Å². The minimum absolute atomic E-state index is 0.110. The van der Waals surface area contributed by atoms with Crippen molar-refractivity contribution in [2.24, 2.45) is 5.92 Å². The van der Waals surface area contributed by atoms with Gasteiger partial charge in [0.05, 0.1) is 6.54 Å². The molecule has 0 radical (unpaired) electrons. The van der Waals surface area contributed by atoms with Crippen molar-refractivity contribution >= 4 is 23.5 Å². The van der Waals surface area contributed by atoms with Gasteiger partial charge < -0.3 is 14.9 Å². The third-order valence-electron chi connectivity index (χ3n) is 5.93. The molecule has 0 bridgehead atoms. The van der Waals surface area contributed by atoms with E-state index in [-0.39, 0.29) is 18.4 Å². The van der Waals surface area contributed by atoms with E-state index in [4.69, 9.17) is 0 Å². The fraction of sp³-hybridized carbons (Fsp3) is 0.480. The van der Waals surface area contributed by atoms with Crippen LogP contribution in [0.1, 0.15) is 45.6 Å². The SMILES string of the molecule is CCN(c1ccc(CN(C(=O)C(CC(C)C)N(C)C(=O)O)c2ccc(F)cc2)cn1)C1CC1. The summed E-state index contributed by atoms with van der Waals surface area (Å²) >= 11 is 0. The lowest BCUT2D eigenvalue weighted by molar-refractivity contribution is -0.123. The van der Waals surface area contributed by atoms with Crippen LogP contribution in [0.25, 0.3) is 0 Å². The summed E-state index contributed by atoms with van der Waals surface area (Å²) in [4.78, 5) is 34.7. The van der Waals surface area contributed by atoms with Crippen LogP contribution in [0.2, 0.25) is 0 Å². The Balaban J connectivity index is 1.90. The summed E-state index contributed by atoms with van der Waals surface area (Å²) in [6, 6.07) is 9.25. The highest BCUT2D eigenvalue weighted by Crippen LogP contribution is 2.30. The van der Waals surface area contributed by atoms with Crippen LogP contribution >= 0.6 is 0 Å². The molecule has 178 valence electrons. The highest BCUT2D eigenvalue weighted by atomic mass is 19.1. The number of hydrogen-bond donors (Lipinski definition) is 1. The van der Waals surface area contributed by atoms with Crippen molar-refractivity contribution in [1.82, 2.24) is 9.88 Å². The van der Waals surface area contributed by atoms with Crippen LogP contribution < -0.4 is 9.80 Å². The molecule has 1 N–H and O–H groups in total. The van der Waals surface area contributed by atoms with E-state index in [1.54, 1.807) is 6.20 Å². The summed E-state index contributed by atoms with van der Waals surface area (Å²) < 4.78 is 13.6. The van der Waals surface area contributed by atoms with Crippen LogP contribution in [0.3, 0.4) is 0 Å². The largest absolute Gasteiger partial charge is 0.465 e. The quantitative estimate of drug-likeness (QED) is 0.557. The molecule has 2 aromatic rings. The number of aromatic nitrogens is 1. The van der Waals surface area contributed by atoms with Crippen LogP contribution in [0, 0.1) is 11.7 Å². The maximum atomic E-state index is 13.6. The van der Waals surface area contributed by atoms with Crippen LogP contribution in [0.4, 0.5) is 20.7 Å². The number of carboxylic acid groups (broad SMARTS) is 1. The molecular formula is C25H33FN4O3. The molecule has 33 heavy (non-hydrogen) atoms. The van der Waals surface area contributed by atoms with Crippen molar-refractivity contribution in [3.05, 3.63) is 54.0 Å². The number of hydrogen-bond acceptors (Lipinski definition) is 4. The third-order valence-corrected chi connectivity index (χ3v) is 5.93. The minimum atomic E-state index is -1.17. The maximum Gasteiger partial charge on any atom is 0.407 e. The molecule has 2 amide bonds. The van der Waals surface area contributed by atoms with Gasteiger partial charge in [0.1, 0.15) is 17.7 Å². The predicted octanol–water partition coefficient (Wildman–Crippen LogP) is 4.77. The van der Waals surface area contributed by atoms with Gasteiger partial charge in [0.2, 0.25) is 5.91 Å². The molecule has 0 aliphatic heterocycles. The first-order valence-electron chi connectivity index (χ1n) is 11.5. The summed E-state index contributed by atoms with van der Waals surface area (Å²) in [6.45, 7) is 7.09. The van der Waals surface area contributed by atoms with E-state index in [1.165, 1.54) is 49.1 Å². The summed E-state index contributed by atoms with van der Waals surface area (Å²) in [5.74, 6) is 0.265. The van der Waals surface area contributed by atoms with E-state index in [0.29, 0.717) is 18.2 Å². The molecule has 1 aliphatic carbocycles. The zero-order chi connectivity index (χ0) is 24.1. The highest BCUT2D eigenvalue weighted by molar-refractivity contribution is 5.98. The molecule has 1 aromatic heterocycles. The Morgan fingerprint density at radius 2 is 1.82 bits per heavy atom. The summed E-state index contributed by atoms with van der Waals surface area (Å²) in [6.07, 6.45) is 3.32. The highest BCUT2D eigenvalue weighted by Gasteiger charge is 2.32. The molecule has 1 aromatic carbocycles. The predicted molar refractivity (Wildman–Crippen MR) is 127 cm³/mol. The molecule has 1 unspecified atom stereocenters. The average Bonchev–Trinajstić information content (AvgIpc) is 3.62. The van der Waals surface area contributed by atoms with Crippen molar-refractivity contribution in [1.29, 1.82) is 0 Å². The lowest BCUT2D eigenvalue weighted by atomic mass is 10.0. The van der Waals surface area contributed by atoms with Crippen LogP contribution in [-0.4, -0.2) is 52.7 Å². The molecule has 0 spiro atoms. The van der Waals surface area contributed by atoms with Crippen molar-refractivity contribution in [3.63, 3.8) is 0 Å². The van der Waals surface area contributed by atoms with E-state index >= 15 is 0 Å². The monoisotopic (exact) mass is 456 g/mol. The first kappa shape index (κ1) is 24.5. The number of carbonyl (C=O) groups excluding carboxylic acids is 1. The minimum Gasteiger partial charge on any atom is -0.465 e. The number of likely N-dealkylation sites (N-methyl/N-ethyl adjacent to an activating group) is 1. The first-order valence-corrected chi connectivity index (χ1v) is 11.5. The zero-order valence-corrected chi connectivity index (χ0v) is 19.7. The number of halogens is 1. The van der Waals surface area contributed by atoms with Crippen molar-refractivity contribution < 1.29 is 19.1 Å². The lowest BCUT2D eigenvalue weighted by Crippen LogP contribution is -2.49. The molecule has 1 saturated carbocycles. The maximum absolute atomic E-state index is 13.6. The molecule has 7 nitrogen and oxygen atoms in total. The fourth-order valence-corrected chi connectivity index (χ4v) is 3.96. The van der Waals surface area contributed by atoms with Crippen molar-refractivity contribution in [2.75, 3.05) is 23.4 Å². The van der Waals surface area contributed by atoms with E-state index in [0.717, 1.165) is 22.8 Å². The van der Waals surface area contributed by atoms with Gasteiger partial charge in [0.25, 0.3) is 0 Å². The summed E-state index contributed by atoms with van der Waals surface area (Å²) in [5.41, 5.74) is 1.32. The standard InChI is InChI=1S/C25H33FN4O3/c1-5-29(20-11-12-20)23-13-6-18(15-27-23)16-30(21-9-7-19(26)8-10-21)24(31)22(14-17(2)3)28(4)25(32)33/h6-10,13,15,17,20,22H,5,11-12,14,16H2,1-4H3,(H,32,33). The topological polar surface area (TPSA) is 77.0 Å². The first-order chi connectivity index (χ1) is 15.7. The molecule has 1 heterocycles. The van der Waals surface area contributed by atoms with Gasteiger partial charge in [-0.25, -0.2) is 14.2 Å². The number of benzene rings is 1. The van der Waals surface area contributed by atoms with E-state index in [2.05, 4.69) is 16.8 Å². The Kier molecular flexibility index (Phi) is 7.89. The Morgan fingerprint density at radius 3 is 2.30 bits per heavy atom. The van der Waals surface area contributed by atoms with Crippen LogP contribution in [-0.2, 0) is 11.3 Å². The molecular weight excluding hydrogens is 423 g/mol. The summed E-state index contributed by atoms with van der Waals surface area (Å²) in [7, 11) is 1.41. The molecule has 0 saturated heterocycles. The van der Waals surface area contributed by atoms with E-state index < -0.39 is 18.0 Å². The summed E-state index contributed by atoms with van der Waals surface area (Å²) in [5, 5.41) is 9.54. The molecule has 1 aliphatic rings. The Hall–Kier alpha value is -3.16. The number of carbonyl (C=O) groups is 2. The Bertz CT molecular complexity index is 945. The zero-order valence-electron chi connectivity index (χ0n) is 19.7. The van der Waals surface area contributed by atoms with E-state index in [1.807, 2.05) is 26.0 Å². The second-order valence-corrected chi connectivity index (χ2v) is 8.98. The number of anilines is 2. The van der Waals surface area contributed by atoms with Crippen molar-refractivity contribution in [3.8, 4) is 0 Å². The second kappa shape index (κ2) is 10.6. The normalized spacial score (nSPS) is 14.1. The molecule has 3 rings (SSSR count). The van der Waals surface area contributed by atoms with Gasteiger partial charge in [-0.05, 0) is 68.0 Å². The average molecular weight is 457 g/mol. The van der Waals surface area contributed by atoms with Gasteiger partial charge >= 0.3 is 6.09 Å². The van der Waals surface area contributed by atoms with Gasteiger partial charge in [-0.2, -0.15) is 0 Å². The number of pyridine rings is 1. The third kappa shape index (κ3) is 6.21. The fourth-order valence-electron chi connectivity index (χ4n) is 3.96. The smallest absolute Gasteiger partial charge is 0.407 e. The molecule has 1 atom stereocenters. The molecule has 8 heteroatoms. The number of rotatable bonds is 10. The Labute approximate surface area is 194 Å². The van der Waals surface area contributed by atoms with Gasteiger partial charge in [-0.1, -0.05) is 19.9 Å².